The van der Waals surface area contributed by atoms with E-state index in [2.05, 4.69) is 22.2 Å². The molecule has 0 radical (unpaired) electrons. The normalized spacial score (nSPS) is 11.1. The van der Waals surface area contributed by atoms with E-state index in [9.17, 15) is 14.3 Å². The number of thiophene rings is 2. The molecule has 0 aliphatic heterocycles. The van der Waals surface area contributed by atoms with Crippen LogP contribution in [0.2, 0.25) is 0 Å². The number of aromatic nitrogens is 2. The van der Waals surface area contributed by atoms with Gasteiger partial charge >= 0.3 is 5.97 Å². The summed E-state index contributed by atoms with van der Waals surface area (Å²) in [5, 5.41) is 13.7. The number of rotatable bonds is 8. The van der Waals surface area contributed by atoms with Crippen molar-refractivity contribution in [3.05, 3.63) is 57.2 Å². The molecule has 2 N–H and O–H groups in total. The Morgan fingerprint density at radius 3 is 2.81 bits per heavy atom. The highest BCUT2D eigenvalue weighted by atomic mass is 32.1. The lowest BCUT2D eigenvalue weighted by molar-refractivity contribution is 0.0698. The zero-order valence-electron chi connectivity index (χ0n) is 17.9. The standard InChI is InChI=1S/C23H22FN3O3S2/c1-4-30-17-11-18(32-21(17)23(28)29)22-26-8-6-19(27-22)25-7-5-15-13(3)31-20-12(2)9-14(24)10-16(15)20/h6,8-11H,4-5,7H2,1-3H3,(H,28,29)(H,25,26,27). The quantitative estimate of drug-likeness (QED) is 0.331. The van der Waals surface area contributed by atoms with Crippen LogP contribution in [0.15, 0.2) is 30.5 Å². The largest absolute Gasteiger partial charge is 0.492 e. The van der Waals surface area contributed by atoms with E-state index in [1.54, 1.807) is 48.7 Å². The smallest absolute Gasteiger partial charge is 0.349 e. The van der Waals surface area contributed by atoms with Gasteiger partial charge < -0.3 is 15.2 Å². The van der Waals surface area contributed by atoms with Gasteiger partial charge in [0, 0.05) is 28.4 Å². The van der Waals surface area contributed by atoms with Crippen molar-refractivity contribution in [3.63, 3.8) is 0 Å². The molecule has 166 valence electrons. The van der Waals surface area contributed by atoms with Crippen molar-refractivity contribution in [3.8, 4) is 16.5 Å². The molecule has 0 aliphatic carbocycles. The number of nitrogens with one attached hydrogen (secondary N) is 1. The van der Waals surface area contributed by atoms with Gasteiger partial charge in [-0.05, 0) is 61.9 Å². The molecule has 0 amide bonds. The molecule has 4 aromatic rings. The predicted molar refractivity (Wildman–Crippen MR) is 127 cm³/mol. The molecular weight excluding hydrogens is 449 g/mol. The van der Waals surface area contributed by atoms with E-state index in [0.29, 0.717) is 35.4 Å². The molecule has 0 aliphatic rings. The van der Waals surface area contributed by atoms with Crippen LogP contribution in [0, 0.1) is 19.7 Å². The summed E-state index contributed by atoms with van der Waals surface area (Å²) in [6.07, 6.45) is 2.36. The Balaban J connectivity index is 1.51. The summed E-state index contributed by atoms with van der Waals surface area (Å²) in [7, 11) is 0. The number of anilines is 1. The fourth-order valence-electron chi connectivity index (χ4n) is 3.59. The van der Waals surface area contributed by atoms with Gasteiger partial charge in [-0.3, -0.25) is 0 Å². The van der Waals surface area contributed by atoms with E-state index in [1.165, 1.54) is 4.88 Å². The van der Waals surface area contributed by atoms with Crippen LogP contribution in [0.25, 0.3) is 20.8 Å². The summed E-state index contributed by atoms with van der Waals surface area (Å²) in [4.78, 5) is 22.2. The first-order valence-electron chi connectivity index (χ1n) is 10.1. The molecule has 4 rings (SSSR count). The summed E-state index contributed by atoms with van der Waals surface area (Å²) in [5.74, 6) is 0.139. The average Bonchev–Trinajstić information content (AvgIpc) is 3.31. The molecule has 9 heteroatoms. The van der Waals surface area contributed by atoms with Crippen molar-refractivity contribution in [2.75, 3.05) is 18.5 Å². The summed E-state index contributed by atoms with van der Waals surface area (Å²) >= 11 is 2.78. The third-order valence-electron chi connectivity index (χ3n) is 4.99. The molecule has 0 bridgehead atoms. The minimum Gasteiger partial charge on any atom is -0.492 e. The van der Waals surface area contributed by atoms with Crippen LogP contribution in [0.1, 0.15) is 32.6 Å². The fourth-order valence-corrected chi connectivity index (χ4v) is 5.63. The van der Waals surface area contributed by atoms with Crippen LogP contribution in [0.4, 0.5) is 10.2 Å². The van der Waals surface area contributed by atoms with Gasteiger partial charge in [0.1, 0.15) is 17.4 Å². The molecule has 32 heavy (non-hydrogen) atoms. The maximum atomic E-state index is 13.9. The van der Waals surface area contributed by atoms with Crippen molar-refractivity contribution in [1.82, 2.24) is 9.97 Å². The second kappa shape index (κ2) is 9.22. The lowest BCUT2D eigenvalue weighted by Gasteiger charge is -2.07. The predicted octanol–water partition coefficient (Wildman–Crippen LogP) is 5.93. The van der Waals surface area contributed by atoms with E-state index in [0.717, 1.165) is 39.0 Å². The number of halogens is 1. The van der Waals surface area contributed by atoms with Gasteiger partial charge in [-0.1, -0.05) is 0 Å². The molecule has 6 nitrogen and oxygen atoms in total. The highest BCUT2D eigenvalue weighted by molar-refractivity contribution is 7.19. The Labute approximate surface area is 192 Å². The lowest BCUT2D eigenvalue weighted by atomic mass is 10.1. The number of carbonyl (C=O) groups is 1. The Morgan fingerprint density at radius 2 is 2.06 bits per heavy atom. The van der Waals surface area contributed by atoms with Crippen LogP contribution >= 0.6 is 22.7 Å². The summed E-state index contributed by atoms with van der Waals surface area (Å²) in [6, 6.07) is 6.60. The molecule has 0 saturated heterocycles. The third-order valence-corrected chi connectivity index (χ3v) is 7.39. The number of ether oxygens (including phenoxy) is 1. The van der Waals surface area contributed by atoms with Crippen LogP contribution in [0.5, 0.6) is 5.75 Å². The van der Waals surface area contributed by atoms with Gasteiger partial charge in [0.05, 0.1) is 11.5 Å². The van der Waals surface area contributed by atoms with Crippen LogP contribution in [-0.2, 0) is 6.42 Å². The molecule has 0 unspecified atom stereocenters. The first-order chi connectivity index (χ1) is 15.4. The third kappa shape index (κ3) is 4.44. The SMILES string of the molecule is CCOc1cc(-c2nccc(NCCc3c(C)sc4c(C)cc(F)cc34)n2)sc1C(=O)O. The number of nitrogens with zero attached hydrogens (tertiary/aromatic N) is 2. The van der Waals surface area contributed by atoms with Gasteiger partial charge in [0.15, 0.2) is 10.7 Å². The van der Waals surface area contributed by atoms with Crippen LogP contribution < -0.4 is 10.1 Å². The van der Waals surface area contributed by atoms with E-state index in [-0.39, 0.29) is 10.7 Å². The van der Waals surface area contributed by atoms with E-state index < -0.39 is 5.97 Å². The number of benzene rings is 1. The average molecular weight is 472 g/mol. The molecule has 1 aromatic carbocycles. The van der Waals surface area contributed by atoms with E-state index in [4.69, 9.17) is 4.74 Å². The maximum Gasteiger partial charge on any atom is 0.349 e. The van der Waals surface area contributed by atoms with Crippen molar-refractivity contribution in [2.45, 2.75) is 27.2 Å². The van der Waals surface area contributed by atoms with Crippen molar-refractivity contribution in [1.29, 1.82) is 0 Å². The fraction of sp³-hybridized carbons (Fsp3) is 0.261. The zero-order chi connectivity index (χ0) is 22.8. The van der Waals surface area contributed by atoms with Gasteiger partial charge in [0.2, 0.25) is 0 Å². The van der Waals surface area contributed by atoms with Gasteiger partial charge in [-0.15, -0.1) is 22.7 Å². The van der Waals surface area contributed by atoms with E-state index >= 15 is 0 Å². The van der Waals surface area contributed by atoms with Gasteiger partial charge in [-0.2, -0.15) is 0 Å². The topological polar surface area (TPSA) is 84.3 Å². The number of carboxylic acids is 1. The highest BCUT2D eigenvalue weighted by Crippen LogP contribution is 2.36. The summed E-state index contributed by atoms with van der Waals surface area (Å²) < 4.78 is 20.5. The Bertz CT molecular complexity index is 1300. The van der Waals surface area contributed by atoms with Gasteiger partial charge in [0.25, 0.3) is 0 Å². The molecule has 0 atom stereocenters. The minimum absolute atomic E-state index is 0.131. The number of aryl methyl sites for hydroxylation is 2. The number of carboxylic acid groups (broad SMARTS) is 1. The summed E-state index contributed by atoms with van der Waals surface area (Å²) in [6.45, 7) is 6.79. The number of fused-ring (bicyclic) bond motifs is 1. The zero-order valence-corrected chi connectivity index (χ0v) is 19.5. The van der Waals surface area contributed by atoms with Gasteiger partial charge in [-0.25, -0.2) is 19.2 Å². The van der Waals surface area contributed by atoms with Crippen molar-refractivity contribution < 1.29 is 19.0 Å². The molecule has 3 aromatic heterocycles. The first kappa shape index (κ1) is 22.2. The first-order valence-corrected chi connectivity index (χ1v) is 11.8. The Hall–Kier alpha value is -3.04. The van der Waals surface area contributed by atoms with Crippen molar-refractivity contribution in [2.24, 2.45) is 0 Å². The Morgan fingerprint density at radius 1 is 1.25 bits per heavy atom. The van der Waals surface area contributed by atoms with Crippen LogP contribution in [-0.4, -0.2) is 34.2 Å². The highest BCUT2D eigenvalue weighted by Gasteiger charge is 2.19. The second-order valence-electron chi connectivity index (χ2n) is 7.22. The van der Waals surface area contributed by atoms with E-state index in [1.807, 2.05) is 6.92 Å². The molecule has 3 heterocycles. The summed E-state index contributed by atoms with van der Waals surface area (Å²) in [5.41, 5.74) is 2.09. The molecular formula is C23H22FN3O3S2. The minimum atomic E-state index is -1.04. The molecule has 0 saturated carbocycles. The number of aromatic carboxylic acids is 1. The lowest BCUT2D eigenvalue weighted by Crippen LogP contribution is -2.07. The number of hydrogen-bond donors (Lipinski definition) is 2. The monoisotopic (exact) mass is 471 g/mol. The molecule has 0 spiro atoms. The maximum absolute atomic E-state index is 13.9. The molecule has 0 fully saturated rings. The Kier molecular flexibility index (Phi) is 6.38. The van der Waals surface area contributed by atoms with Crippen LogP contribution in [0.3, 0.4) is 0 Å². The second-order valence-corrected chi connectivity index (χ2v) is 9.50. The number of hydrogen-bond acceptors (Lipinski definition) is 7. The van der Waals surface area contributed by atoms with Crippen molar-refractivity contribution >= 4 is 44.5 Å².